The van der Waals surface area contributed by atoms with Gasteiger partial charge in [0, 0.05) is 49.0 Å². The summed E-state index contributed by atoms with van der Waals surface area (Å²) in [5, 5.41) is 11.5. The van der Waals surface area contributed by atoms with Gasteiger partial charge in [-0.25, -0.2) is 9.97 Å². The Balaban J connectivity index is 0.882. The number of hydrogen-bond donors (Lipinski definition) is 0. The molecule has 3 heterocycles. The number of fused-ring (bicyclic) bond motifs is 15. The van der Waals surface area contributed by atoms with Crippen molar-refractivity contribution in [2.45, 2.75) is 0 Å². The second-order valence-corrected chi connectivity index (χ2v) is 18.9. The smallest absolute Gasteiger partial charge is 0.0979 e. The molecule has 0 aliphatic rings. The number of nitrogens with zero attached hydrogens (tertiary/aromatic N) is 5. The Morgan fingerprint density at radius 3 is 1.10 bits per heavy atom. The predicted octanol–water partition coefficient (Wildman–Crippen LogP) is 17.6. The number of aromatic nitrogens is 5. The SMILES string of the molecule is c1ccc(-c2ccccc2-n2c3ccc(-c4cccc(-c5cnc6c7ccccc7c7ccccc7c6n5)c4)cc3c3cc(-c4cccc(-c5cnc6c7ccccc7c7ccccc7c6n5)c4)ccc32)cc1. The maximum atomic E-state index is 5.35. The summed E-state index contributed by atoms with van der Waals surface area (Å²) < 4.78 is 2.44. The lowest BCUT2D eigenvalue weighted by molar-refractivity contribution is 1.18. The Morgan fingerprint density at radius 1 is 0.247 bits per heavy atom. The minimum atomic E-state index is 0.841. The Labute approximate surface area is 420 Å². The van der Waals surface area contributed by atoms with Crippen LogP contribution < -0.4 is 0 Å². The fourth-order valence-corrected chi connectivity index (χ4v) is 11.4. The van der Waals surface area contributed by atoms with Crippen molar-refractivity contribution in [3.63, 3.8) is 0 Å². The molecule has 0 aliphatic carbocycles. The van der Waals surface area contributed by atoms with E-state index in [1.165, 1.54) is 43.4 Å². The molecule has 0 amide bonds. The van der Waals surface area contributed by atoms with E-state index in [2.05, 4.69) is 241 Å². The van der Waals surface area contributed by atoms with Crippen LogP contribution in [0.3, 0.4) is 0 Å². The monoisotopic (exact) mass is 927 g/mol. The minimum absolute atomic E-state index is 0.841. The van der Waals surface area contributed by atoms with Crippen LogP contribution in [0.25, 0.3) is 149 Å². The molecule has 15 rings (SSSR count). The molecule has 0 fully saturated rings. The number of benzene rings is 12. The van der Waals surface area contributed by atoms with E-state index in [0.29, 0.717) is 0 Å². The first-order valence-corrected chi connectivity index (χ1v) is 24.8. The Hall–Kier alpha value is -9.84. The molecule has 338 valence electrons. The number of rotatable bonds is 6. The van der Waals surface area contributed by atoms with Crippen LogP contribution in [0.2, 0.25) is 0 Å². The van der Waals surface area contributed by atoms with Gasteiger partial charge in [0.15, 0.2) is 0 Å². The van der Waals surface area contributed by atoms with Crippen molar-refractivity contribution in [3.8, 4) is 61.6 Å². The summed E-state index contributed by atoms with van der Waals surface area (Å²) >= 11 is 0. The fraction of sp³-hybridized carbons (Fsp3) is 0. The van der Waals surface area contributed by atoms with Gasteiger partial charge in [0.25, 0.3) is 0 Å². The maximum Gasteiger partial charge on any atom is 0.0979 e. The van der Waals surface area contributed by atoms with Gasteiger partial charge in [0.2, 0.25) is 0 Å². The molecule has 0 spiro atoms. The van der Waals surface area contributed by atoms with Crippen LogP contribution >= 0.6 is 0 Å². The summed E-state index contributed by atoms with van der Waals surface area (Å²) in [5.74, 6) is 0. The van der Waals surface area contributed by atoms with Gasteiger partial charge < -0.3 is 4.57 Å². The highest BCUT2D eigenvalue weighted by molar-refractivity contribution is 6.24. The molecule has 15 aromatic rings. The lowest BCUT2D eigenvalue weighted by atomic mass is 9.97. The molecule has 73 heavy (non-hydrogen) atoms. The van der Waals surface area contributed by atoms with E-state index in [0.717, 1.165) is 105 Å². The first-order valence-electron chi connectivity index (χ1n) is 24.8. The Morgan fingerprint density at radius 2 is 0.616 bits per heavy atom. The van der Waals surface area contributed by atoms with Crippen LogP contribution in [0.4, 0.5) is 0 Å². The summed E-state index contributed by atoms with van der Waals surface area (Å²) in [6.07, 6.45) is 3.85. The first kappa shape index (κ1) is 41.0. The Kier molecular flexibility index (Phi) is 9.19. The molecule has 0 saturated carbocycles. The molecular weight excluding hydrogens is 887 g/mol. The standard InChI is InChI=1S/C68H41N5/c1-2-16-42(17-3-1)49-22-12-13-31-62(49)73-63-34-32-45(43-18-14-20-47(36-43)60-40-69-65-54-27-8-4-23-50(54)52-25-6-10-29-56(52)67(65)71-60)38-58(63)59-39-46(33-35-64(59)73)44-19-15-21-48(37-44)61-41-70-66-55-28-9-5-24-51(55)53-26-7-11-30-57(53)68(66)72-61/h1-41H. The van der Waals surface area contributed by atoms with Gasteiger partial charge in [-0.15, -0.1) is 0 Å². The van der Waals surface area contributed by atoms with Gasteiger partial charge in [-0.2, -0.15) is 0 Å². The first-order chi connectivity index (χ1) is 36.2. The molecule has 0 unspecified atom stereocenters. The highest BCUT2D eigenvalue weighted by Crippen LogP contribution is 2.42. The van der Waals surface area contributed by atoms with Crippen molar-refractivity contribution in [2.24, 2.45) is 0 Å². The van der Waals surface area contributed by atoms with Gasteiger partial charge in [-0.1, -0.05) is 194 Å². The minimum Gasteiger partial charge on any atom is -0.309 e. The summed E-state index contributed by atoms with van der Waals surface area (Å²) in [7, 11) is 0. The molecule has 5 heteroatoms. The number of hydrogen-bond acceptors (Lipinski definition) is 4. The van der Waals surface area contributed by atoms with E-state index >= 15 is 0 Å². The van der Waals surface area contributed by atoms with Gasteiger partial charge >= 0.3 is 0 Å². The molecule has 0 aliphatic heterocycles. The van der Waals surface area contributed by atoms with Crippen molar-refractivity contribution < 1.29 is 0 Å². The van der Waals surface area contributed by atoms with Gasteiger partial charge in [-0.05, 0) is 91.8 Å². The maximum absolute atomic E-state index is 5.35. The van der Waals surface area contributed by atoms with Crippen molar-refractivity contribution in [1.29, 1.82) is 0 Å². The van der Waals surface area contributed by atoms with Crippen LogP contribution in [-0.2, 0) is 0 Å². The topological polar surface area (TPSA) is 56.5 Å². The quantitative estimate of drug-likeness (QED) is 0.156. The molecule has 0 saturated heterocycles. The summed E-state index contributed by atoms with van der Waals surface area (Å²) in [6, 6.07) is 84.7. The van der Waals surface area contributed by atoms with Crippen molar-refractivity contribution >= 4 is 87.0 Å². The molecule has 0 atom stereocenters. The second-order valence-electron chi connectivity index (χ2n) is 18.9. The third kappa shape index (κ3) is 6.56. The second kappa shape index (κ2) is 16.4. The van der Waals surface area contributed by atoms with Gasteiger partial charge in [-0.3, -0.25) is 9.97 Å². The third-order valence-corrected chi connectivity index (χ3v) is 14.8. The molecule has 5 nitrogen and oxygen atoms in total. The summed E-state index contributed by atoms with van der Waals surface area (Å²) in [5.41, 5.74) is 17.6. The van der Waals surface area contributed by atoms with Crippen LogP contribution in [0, 0.1) is 0 Å². The van der Waals surface area contributed by atoms with Crippen LogP contribution in [0.15, 0.2) is 249 Å². The zero-order valence-corrected chi connectivity index (χ0v) is 39.4. The zero-order chi connectivity index (χ0) is 48.0. The van der Waals surface area contributed by atoms with Crippen molar-refractivity contribution in [3.05, 3.63) is 249 Å². The molecule has 12 aromatic carbocycles. The molecule has 0 radical (unpaired) electrons. The van der Waals surface area contributed by atoms with E-state index in [4.69, 9.17) is 19.9 Å². The fourth-order valence-electron chi connectivity index (χ4n) is 11.4. The molecule has 3 aromatic heterocycles. The highest BCUT2D eigenvalue weighted by Gasteiger charge is 2.19. The van der Waals surface area contributed by atoms with Gasteiger partial charge in [0.05, 0.1) is 62.6 Å². The van der Waals surface area contributed by atoms with E-state index in [1.807, 2.05) is 12.4 Å². The van der Waals surface area contributed by atoms with E-state index < -0.39 is 0 Å². The zero-order valence-electron chi connectivity index (χ0n) is 39.4. The van der Waals surface area contributed by atoms with E-state index in [9.17, 15) is 0 Å². The average Bonchev–Trinajstić information content (AvgIpc) is 3.81. The normalized spacial score (nSPS) is 11.8. The van der Waals surface area contributed by atoms with E-state index in [-0.39, 0.29) is 0 Å². The van der Waals surface area contributed by atoms with Crippen molar-refractivity contribution in [1.82, 2.24) is 24.5 Å². The van der Waals surface area contributed by atoms with Crippen LogP contribution in [-0.4, -0.2) is 24.5 Å². The molecule has 0 bridgehead atoms. The average molecular weight is 928 g/mol. The molecule has 0 N–H and O–H groups in total. The lowest BCUT2D eigenvalue weighted by Crippen LogP contribution is -1.97. The third-order valence-electron chi connectivity index (χ3n) is 14.8. The van der Waals surface area contributed by atoms with Gasteiger partial charge in [0.1, 0.15) is 0 Å². The largest absolute Gasteiger partial charge is 0.309 e. The summed E-state index contributed by atoms with van der Waals surface area (Å²) in [4.78, 5) is 20.9. The van der Waals surface area contributed by atoms with Crippen LogP contribution in [0.5, 0.6) is 0 Å². The number of para-hydroxylation sites is 1. The van der Waals surface area contributed by atoms with Crippen molar-refractivity contribution in [2.75, 3.05) is 0 Å². The Bertz CT molecular complexity index is 4420. The van der Waals surface area contributed by atoms with E-state index in [1.54, 1.807) is 0 Å². The highest BCUT2D eigenvalue weighted by atomic mass is 15.0. The molecular formula is C68H41N5. The lowest BCUT2D eigenvalue weighted by Gasteiger charge is -2.14. The summed E-state index contributed by atoms with van der Waals surface area (Å²) in [6.45, 7) is 0. The predicted molar refractivity (Wildman–Crippen MR) is 304 cm³/mol. The van der Waals surface area contributed by atoms with Crippen LogP contribution in [0.1, 0.15) is 0 Å².